The monoisotopic (exact) mass is 416 g/mol. The standard InChI is InChI=1S/C19H17IN2O/c1-14-12-15(20)5-10-19(14)21-13-17-4-3-11-22(17)16-6-8-18(23-2)9-7-16/h3-13H,1-2H3. The molecule has 0 fully saturated rings. The minimum atomic E-state index is 0.852. The van der Waals surface area contributed by atoms with Gasteiger partial charge in [-0.15, -0.1) is 0 Å². The van der Waals surface area contributed by atoms with Gasteiger partial charge in [0.25, 0.3) is 0 Å². The average molecular weight is 416 g/mol. The SMILES string of the molecule is COc1ccc(-n2cccc2C=Nc2ccc(I)cc2C)cc1. The molecule has 0 N–H and O–H groups in total. The van der Waals surface area contributed by atoms with Gasteiger partial charge >= 0.3 is 0 Å². The second-order valence-corrected chi connectivity index (χ2v) is 6.44. The van der Waals surface area contributed by atoms with Crippen LogP contribution < -0.4 is 4.74 Å². The summed E-state index contributed by atoms with van der Waals surface area (Å²) >= 11 is 2.31. The molecule has 0 atom stereocenters. The molecular weight excluding hydrogens is 399 g/mol. The maximum atomic E-state index is 5.21. The first-order valence-corrected chi connectivity index (χ1v) is 8.37. The number of aromatic nitrogens is 1. The molecule has 0 unspecified atom stereocenters. The minimum absolute atomic E-state index is 0.852. The summed E-state index contributed by atoms with van der Waals surface area (Å²) in [5.74, 6) is 0.852. The Morgan fingerprint density at radius 2 is 1.87 bits per heavy atom. The Labute approximate surface area is 149 Å². The number of halogens is 1. The molecule has 0 radical (unpaired) electrons. The number of hydrogen-bond donors (Lipinski definition) is 0. The van der Waals surface area contributed by atoms with E-state index in [4.69, 9.17) is 4.74 Å². The Bertz CT molecular complexity index is 835. The highest BCUT2D eigenvalue weighted by Gasteiger charge is 2.02. The summed E-state index contributed by atoms with van der Waals surface area (Å²) in [6.45, 7) is 2.08. The van der Waals surface area contributed by atoms with Gasteiger partial charge in [-0.25, -0.2) is 0 Å². The molecule has 23 heavy (non-hydrogen) atoms. The molecule has 0 saturated carbocycles. The highest BCUT2D eigenvalue weighted by Crippen LogP contribution is 2.21. The van der Waals surface area contributed by atoms with Gasteiger partial charge in [-0.3, -0.25) is 4.99 Å². The zero-order valence-corrected chi connectivity index (χ0v) is 15.2. The Morgan fingerprint density at radius 1 is 1.09 bits per heavy atom. The van der Waals surface area contributed by atoms with Gasteiger partial charge in [0.05, 0.1) is 24.7 Å². The van der Waals surface area contributed by atoms with Crippen LogP contribution in [-0.4, -0.2) is 17.9 Å². The quantitative estimate of drug-likeness (QED) is 0.427. The molecule has 3 nitrogen and oxygen atoms in total. The third-order valence-corrected chi connectivity index (χ3v) is 4.30. The van der Waals surface area contributed by atoms with Crippen LogP contribution in [0, 0.1) is 10.5 Å². The van der Waals surface area contributed by atoms with Gasteiger partial charge < -0.3 is 9.30 Å². The first-order chi connectivity index (χ1) is 11.2. The first-order valence-electron chi connectivity index (χ1n) is 7.29. The van der Waals surface area contributed by atoms with Gasteiger partial charge in [0, 0.05) is 15.5 Å². The summed E-state index contributed by atoms with van der Waals surface area (Å²) in [7, 11) is 1.67. The van der Waals surface area contributed by atoms with E-state index in [0.29, 0.717) is 0 Å². The van der Waals surface area contributed by atoms with Crippen LogP contribution in [0.1, 0.15) is 11.3 Å². The predicted molar refractivity (Wildman–Crippen MR) is 103 cm³/mol. The van der Waals surface area contributed by atoms with Crippen molar-refractivity contribution >= 4 is 34.5 Å². The van der Waals surface area contributed by atoms with Crippen LogP contribution in [0.25, 0.3) is 5.69 Å². The number of rotatable bonds is 4. The lowest BCUT2D eigenvalue weighted by molar-refractivity contribution is 0.415. The summed E-state index contributed by atoms with van der Waals surface area (Å²) in [5.41, 5.74) is 4.29. The van der Waals surface area contributed by atoms with Gasteiger partial charge in [-0.2, -0.15) is 0 Å². The minimum Gasteiger partial charge on any atom is -0.497 e. The average Bonchev–Trinajstić information content (AvgIpc) is 3.02. The molecule has 2 aromatic carbocycles. The molecule has 0 spiro atoms. The van der Waals surface area contributed by atoms with E-state index in [-0.39, 0.29) is 0 Å². The van der Waals surface area contributed by atoms with Crippen molar-refractivity contribution in [1.82, 2.24) is 4.57 Å². The van der Waals surface area contributed by atoms with Crippen molar-refractivity contribution in [1.29, 1.82) is 0 Å². The molecule has 1 heterocycles. The van der Waals surface area contributed by atoms with E-state index in [1.807, 2.05) is 48.8 Å². The Morgan fingerprint density at radius 3 is 2.57 bits per heavy atom. The number of methoxy groups -OCH3 is 1. The molecular formula is C19H17IN2O. The van der Waals surface area contributed by atoms with E-state index >= 15 is 0 Å². The van der Waals surface area contributed by atoms with Crippen LogP contribution in [0.15, 0.2) is 65.8 Å². The fourth-order valence-electron chi connectivity index (χ4n) is 2.38. The molecule has 3 aromatic rings. The fourth-order valence-corrected chi connectivity index (χ4v) is 3.02. The predicted octanol–water partition coefficient (Wildman–Crippen LogP) is 5.15. The summed E-state index contributed by atoms with van der Waals surface area (Å²) in [6, 6.07) is 18.3. The van der Waals surface area contributed by atoms with Gasteiger partial charge in [0.15, 0.2) is 0 Å². The van der Waals surface area contributed by atoms with E-state index in [0.717, 1.165) is 22.8 Å². The van der Waals surface area contributed by atoms with E-state index in [1.165, 1.54) is 9.13 Å². The molecule has 0 bridgehead atoms. The lowest BCUT2D eigenvalue weighted by atomic mass is 10.2. The van der Waals surface area contributed by atoms with Crippen LogP contribution in [0.5, 0.6) is 5.75 Å². The zero-order valence-electron chi connectivity index (χ0n) is 13.0. The Balaban J connectivity index is 1.89. The van der Waals surface area contributed by atoms with Gasteiger partial charge in [0.1, 0.15) is 5.75 Å². The normalized spacial score (nSPS) is 11.1. The highest BCUT2D eigenvalue weighted by molar-refractivity contribution is 14.1. The number of aryl methyl sites for hydroxylation is 1. The fraction of sp³-hybridized carbons (Fsp3) is 0.105. The van der Waals surface area contributed by atoms with Crippen molar-refractivity contribution in [3.63, 3.8) is 0 Å². The molecule has 0 aliphatic heterocycles. The van der Waals surface area contributed by atoms with Crippen LogP contribution in [0.4, 0.5) is 5.69 Å². The number of nitrogens with zero attached hydrogens (tertiary/aromatic N) is 2. The molecule has 3 rings (SSSR count). The number of aliphatic imine (C=N–C) groups is 1. The van der Waals surface area contributed by atoms with Crippen molar-refractivity contribution in [3.8, 4) is 11.4 Å². The second-order valence-electron chi connectivity index (χ2n) is 5.19. The van der Waals surface area contributed by atoms with Crippen LogP contribution >= 0.6 is 22.6 Å². The van der Waals surface area contributed by atoms with E-state index in [1.54, 1.807) is 7.11 Å². The maximum Gasteiger partial charge on any atom is 0.119 e. The lowest BCUT2D eigenvalue weighted by Crippen LogP contribution is -1.97. The van der Waals surface area contributed by atoms with Crippen molar-refractivity contribution in [2.75, 3.05) is 7.11 Å². The largest absolute Gasteiger partial charge is 0.497 e. The third kappa shape index (κ3) is 3.64. The third-order valence-electron chi connectivity index (χ3n) is 3.63. The van der Waals surface area contributed by atoms with Crippen molar-refractivity contribution in [2.24, 2.45) is 4.99 Å². The van der Waals surface area contributed by atoms with Crippen molar-refractivity contribution in [2.45, 2.75) is 6.92 Å². The topological polar surface area (TPSA) is 26.5 Å². The summed E-state index contributed by atoms with van der Waals surface area (Å²) in [6.07, 6.45) is 3.93. The van der Waals surface area contributed by atoms with Gasteiger partial charge in [-0.1, -0.05) is 0 Å². The number of ether oxygens (including phenoxy) is 1. The van der Waals surface area contributed by atoms with Crippen molar-refractivity contribution < 1.29 is 4.74 Å². The van der Waals surface area contributed by atoms with Gasteiger partial charge in [-0.05, 0) is 89.7 Å². The molecule has 0 aliphatic rings. The van der Waals surface area contributed by atoms with E-state index in [9.17, 15) is 0 Å². The molecule has 4 heteroatoms. The lowest BCUT2D eigenvalue weighted by Gasteiger charge is -2.07. The molecule has 0 amide bonds. The van der Waals surface area contributed by atoms with E-state index in [2.05, 4.69) is 57.3 Å². The Kier molecular flexibility index (Phi) is 4.81. The smallest absolute Gasteiger partial charge is 0.119 e. The Hall–Kier alpha value is -2.08. The van der Waals surface area contributed by atoms with E-state index < -0.39 is 0 Å². The molecule has 0 saturated heterocycles. The highest BCUT2D eigenvalue weighted by atomic mass is 127. The van der Waals surface area contributed by atoms with Crippen LogP contribution in [-0.2, 0) is 0 Å². The number of hydrogen-bond acceptors (Lipinski definition) is 2. The van der Waals surface area contributed by atoms with Crippen LogP contribution in [0.3, 0.4) is 0 Å². The molecule has 0 aliphatic carbocycles. The second kappa shape index (κ2) is 7.00. The maximum absolute atomic E-state index is 5.21. The first kappa shape index (κ1) is 15.8. The molecule has 1 aromatic heterocycles. The molecule has 116 valence electrons. The summed E-state index contributed by atoms with van der Waals surface area (Å²) < 4.78 is 8.53. The summed E-state index contributed by atoms with van der Waals surface area (Å²) in [4.78, 5) is 4.64. The number of benzene rings is 2. The van der Waals surface area contributed by atoms with Crippen molar-refractivity contribution in [3.05, 3.63) is 75.6 Å². The summed E-state index contributed by atoms with van der Waals surface area (Å²) in [5, 5.41) is 0. The zero-order chi connectivity index (χ0) is 16.2. The van der Waals surface area contributed by atoms with Gasteiger partial charge in [0.2, 0.25) is 0 Å². The van der Waals surface area contributed by atoms with Crippen LogP contribution in [0.2, 0.25) is 0 Å².